The molecule has 0 aromatic carbocycles. The summed E-state index contributed by atoms with van der Waals surface area (Å²) in [6, 6.07) is 5.06. The van der Waals surface area contributed by atoms with Crippen LogP contribution in [0.3, 0.4) is 0 Å². The smallest absolute Gasteiger partial charge is 0.274 e. The van der Waals surface area contributed by atoms with Crippen LogP contribution >= 0.6 is 0 Å². The Balaban J connectivity index is 1.70. The van der Waals surface area contributed by atoms with Crippen LogP contribution in [0.1, 0.15) is 43.6 Å². The zero-order valence-electron chi connectivity index (χ0n) is 21.4. The minimum Gasteiger partial charge on any atom is -0.355 e. The summed E-state index contributed by atoms with van der Waals surface area (Å²) in [5, 5.41) is 2.63. The van der Waals surface area contributed by atoms with E-state index in [1.165, 1.54) is 22.0 Å². The van der Waals surface area contributed by atoms with Crippen LogP contribution in [0, 0.1) is 25.1 Å². The summed E-state index contributed by atoms with van der Waals surface area (Å²) in [6.07, 6.45) is 7.77. The summed E-state index contributed by atoms with van der Waals surface area (Å²) < 4.78 is 16.2. The SMILES string of the molecule is Cc1nc2cc(Cn3cccc(NC(=O)[CH]CCC=CC(=O)N(C)C)c3=O)[nH]c2c(CC(C)C)c1F. The highest BCUT2D eigenvalue weighted by Gasteiger charge is 2.17. The number of hydrogen-bond acceptors (Lipinski definition) is 4. The highest BCUT2D eigenvalue weighted by Crippen LogP contribution is 2.25. The van der Waals surface area contributed by atoms with Gasteiger partial charge in [-0.2, -0.15) is 0 Å². The maximum absolute atomic E-state index is 14.8. The number of nitrogens with zero attached hydrogens (tertiary/aromatic N) is 3. The molecule has 3 rings (SSSR count). The van der Waals surface area contributed by atoms with E-state index < -0.39 is 5.91 Å². The molecule has 0 spiro atoms. The van der Waals surface area contributed by atoms with Crippen LogP contribution < -0.4 is 10.9 Å². The van der Waals surface area contributed by atoms with Crippen LogP contribution in [0.4, 0.5) is 10.1 Å². The summed E-state index contributed by atoms with van der Waals surface area (Å²) in [7, 11) is 3.33. The lowest BCUT2D eigenvalue weighted by atomic mass is 10.0. The number of unbranched alkanes of at least 4 members (excludes halogenated alkanes) is 1. The number of aromatic amines is 1. The summed E-state index contributed by atoms with van der Waals surface area (Å²) >= 11 is 0. The van der Waals surface area contributed by atoms with Crippen LogP contribution in [0.25, 0.3) is 11.0 Å². The second kappa shape index (κ2) is 11.8. The molecule has 0 atom stereocenters. The first-order valence-electron chi connectivity index (χ1n) is 11.9. The average Bonchev–Trinajstić information content (AvgIpc) is 3.20. The number of aromatic nitrogens is 3. The van der Waals surface area contributed by atoms with Crippen molar-refractivity contribution in [1.29, 1.82) is 0 Å². The molecule has 0 aliphatic rings. The molecule has 0 bridgehead atoms. The fraction of sp³-hybridized carbons (Fsp3) is 0.370. The highest BCUT2D eigenvalue weighted by molar-refractivity contribution is 5.96. The van der Waals surface area contributed by atoms with Crippen molar-refractivity contribution in [2.24, 2.45) is 5.92 Å². The van der Waals surface area contributed by atoms with Gasteiger partial charge in [0.2, 0.25) is 11.8 Å². The Kier molecular flexibility index (Phi) is 8.79. The maximum Gasteiger partial charge on any atom is 0.274 e. The molecule has 0 saturated carbocycles. The minimum atomic E-state index is -0.392. The predicted molar refractivity (Wildman–Crippen MR) is 139 cm³/mol. The number of anilines is 1. The first kappa shape index (κ1) is 26.8. The van der Waals surface area contributed by atoms with Crippen LogP contribution in [0.15, 0.2) is 41.3 Å². The van der Waals surface area contributed by atoms with Crippen molar-refractivity contribution in [3.8, 4) is 0 Å². The van der Waals surface area contributed by atoms with E-state index in [-0.39, 0.29) is 35.4 Å². The lowest BCUT2D eigenvalue weighted by Crippen LogP contribution is -2.26. The zero-order valence-corrected chi connectivity index (χ0v) is 21.4. The van der Waals surface area contributed by atoms with Gasteiger partial charge < -0.3 is 19.8 Å². The van der Waals surface area contributed by atoms with E-state index in [1.807, 2.05) is 19.9 Å². The number of carbonyl (C=O) groups is 2. The highest BCUT2D eigenvalue weighted by atomic mass is 19.1. The maximum atomic E-state index is 14.8. The van der Waals surface area contributed by atoms with Crippen LogP contribution in [0.5, 0.6) is 0 Å². The summed E-state index contributed by atoms with van der Waals surface area (Å²) in [4.78, 5) is 45.8. The van der Waals surface area contributed by atoms with E-state index >= 15 is 0 Å². The quantitative estimate of drug-likeness (QED) is 0.329. The van der Waals surface area contributed by atoms with Crippen LogP contribution in [-0.4, -0.2) is 45.3 Å². The average molecular weight is 495 g/mol. The van der Waals surface area contributed by atoms with Gasteiger partial charge >= 0.3 is 0 Å². The molecule has 8 nitrogen and oxygen atoms in total. The van der Waals surface area contributed by atoms with Crippen LogP contribution in [-0.2, 0) is 22.6 Å². The number of nitrogens with one attached hydrogen (secondary N) is 2. The molecule has 2 N–H and O–H groups in total. The molecule has 2 amide bonds. The van der Waals surface area contributed by atoms with E-state index in [0.717, 1.165) is 0 Å². The zero-order chi connectivity index (χ0) is 26.4. The van der Waals surface area contributed by atoms with E-state index in [4.69, 9.17) is 0 Å². The molecule has 0 aliphatic carbocycles. The number of amides is 2. The third-order valence-electron chi connectivity index (χ3n) is 5.62. The van der Waals surface area contributed by atoms with E-state index in [1.54, 1.807) is 45.4 Å². The molecule has 3 heterocycles. The number of allylic oxidation sites excluding steroid dienone is 1. The molecule has 0 unspecified atom stereocenters. The van der Waals surface area contributed by atoms with Gasteiger partial charge in [-0.15, -0.1) is 0 Å². The molecule has 36 heavy (non-hydrogen) atoms. The molecule has 0 saturated heterocycles. The summed E-state index contributed by atoms with van der Waals surface area (Å²) in [5.41, 5.74) is 2.78. The van der Waals surface area contributed by atoms with Gasteiger partial charge in [0.15, 0.2) is 0 Å². The third-order valence-corrected chi connectivity index (χ3v) is 5.62. The van der Waals surface area contributed by atoms with Crippen molar-refractivity contribution in [2.45, 2.75) is 46.6 Å². The number of H-pyrrole nitrogens is 1. The standard InChI is InChI=1S/C27H33FN5O3/c1-17(2)14-20-25(28)18(3)29-22-15-19(30-26(20)22)16-33-13-9-10-21(27(33)36)31-23(34)11-7-6-8-12-24(35)32(4)5/h8-13,15,17,30H,6-7,14,16H2,1-5H3,(H,31,34). The van der Waals surface area contributed by atoms with Crippen molar-refractivity contribution in [2.75, 3.05) is 19.4 Å². The number of rotatable bonds is 10. The summed E-state index contributed by atoms with van der Waals surface area (Å²) in [6.45, 7) is 5.93. The summed E-state index contributed by atoms with van der Waals surface area (Å²) in [5.74, 6) is -0.544. The minimum absolute atomic E-state index is 0.119. The molecule has 0 fully saturated rings. The predicted octanol–water partition coefficient (Wildman–Crippen LogP) is 3.99. The Bertz CT molecular complexity index is 1340. The van der Waals surface area contributed by atoms with Gasteiger partial charge in [0, 0.05) is 31.5 Å². The molecule has 1 radical (unpaired) electrons. The first-order valence-corrected chi connectivity index (χ1v) is 11.9. The monoisotopic (exact) mass is 494 g/mol. The molecule has 3 aromatic heterocycles. The third kappa shape index (κ3) is 6.68. The molecule has 3 aromatic rings. The number of fused-ring (bicyclic) bond motifs is 1. The normalized spacial score (nSPS) is 11.5. The second-order valence-corrected chi connectivity index (χ2v) is 9.40. The van der Waals surface area contributed by atoms with Gasteiger partial charge in [0.1, 0.15) is 11.5 Å². The Labute approximate surface area is 210 Å². The van der Waals surface area contributed by atoms with Gasteiger partial charge in [-0.1, -0.05) is 19.9 Å². The van der Waals surface area contributed by atoms with Crippen molar-refractivity contribution >= 4 is 28.5 Å². The molecular weight excluding hydrogens is 461 g/mol. The fourth-order valence-corrected chi connectivity index (χ4v) is 3.83. The van der Waals surface area contributed by atoms with Crippen molar-refractivity contribution in [1.82, 2.24) is 19.4 Å². The topological polar surface area (TPSA) is 100 Å². The van der Waals surface area contributed by atoms with Gasteiger partial charge in [-0.25, -0.2) is 9.37 Å². The molecular formula is C27H33FN5O3. The fourth-order valence-electron chi connectivity index (χ4n) is 3.83. The van der Waals surface area contributed by atoms with E-state index in [9.17, 15) is 18.8 Å². The first-order chi connectivity index (χ1) is 17.1. The molecule has 9 heteroatoms. The Morgan fingerprint density at radius 2 is 2.03 bits per heavy atom. The number of hydrogen-bond donors (Lipinski definition) is 2. The number of aryl methyl sites for hydroxylation is 1. The van der Waals surface area contributed by atoms with Crippen molar-refractivity contribution in [3.05, 3.63) is 76.1 Å². The lowest BCUT2D eigenvalue weighted by molar-refractivity contribution is -0.123. The number of carbonyl (C=O) groups excluding carboxylic acids is 2. The lowest BCUT2D eigenvalue weighted by Gasteiger charge is -2.10. The largest absolute Gasteiger partial charge is 0.355 e. The van der Waals surface area contributed by atoms with Gasteiger partial charge in [0.25, 0.3) is 5.56 Å². The van der Waals surface area contributed by atoms with Crippen LogP contribution in [0.2, 0.25) is 0 Å². The molecule has 191 valence electrons. The Hall–Kier alpha value is -3.75. The van der Waals surface area contributed by atoms with Crippen molar-refractivity contribution < 1.29 is 14.0 Å². The Morgan fingerprint density at radius 3 is 2.72 bits per heavy atom. The van der Waals surface area contributed by atoms with Gasteiger partial charge in [-0.3, -0.25) is 14.4 Å². The Morgan fingerprint density at radius 1 is 1.28 bits per heavy atom. The second-order valence-electron chi connectivity index (χ2n) is 9.40. The number of halogens is 1. The van der Waals surface area contributed by atoms with Gasteiger partial charge in [-0.05, 0) is 56.4 Å². The molecule has 0 aliphatic heterocycles. The van der Waals surface area contributed by atoms with Crippen molar-refractivity contribution in [3.63, 3.8) is 0 Å². The van der Waals surface area contributed by atoms with Gasteiger partial charge in [0.05, 0.1) is 29.7 Å². The van der Waals surface area contributed by atoms with E-state index in [2.05, 4.69) is 15.3 Å². The number of likely N-dealkylation sites (N-methyl/N-ethyl adjacent to an activating group) is 1. The number of pyridine rings is 2. The van der Waals surface area contributed by atoms with E-state index in [0.29, 0.717) is 47.2 Å².